The molecule has 0 saturated heterocycles. The Bertz CT molecular complexity index is 271. The van der Waals surface area contributed by atoms with Gasteiger partial charge in [-0.05, 0) is 30.7 Å². The summed E-state index contributed by atoms with van der Waals surface area (Å²) in [6.45, 7) is 1.89. The van der Waals surface area contributed by atoms with Crippen LogP contribution >= 0.6 is 0 Å². The molecule has 1 aromatic rings. The molecule has 0 aliphatic carbocycles. The standard InChI is InChI=1S/C8H10N2O/c1-6-4-7(9)2-3-8(6)10-5-11/h2-5H,9H2,1H3,(H,10,11). The van der Waals surface area contributed by atoms with Crippen LogP contribution in [0.25, 0.3) is 0 Å². The topological polar surface area (TPSA) is 55.1 Å². The number of carbonyl (C=O) groups excluding carboxylic acids is 1. The first kappa shape index (κ1) is 7.60. The van der Waals surface area contributed by atoms with E-state index in [0.29, 0.717) is 12.1 Å². The highest BCUT2D eigenvalue weighted by Crippen LogP contribution is 2.16. The van der Waals surface area contributed by atoms with E-state index in [0.717, 1.165) is 11.3 Å². The number of nitrogens with two attached hydrogens (primary N) is 1. The average molecular weight is 150 g/mol. The molecule has 1 aromatic carbocycles. The highest BCUT2D eigenvalue weighted by atomic mass is 16.1. The van der Waals surface area contributed by atoms with E-state index < -0.39 is 0 Å². The highest BCUT2D eigenvalue weighted by molar-refractivity contribution is 5.74. The monoisotopic (exact) mass is 150 g/mol. The molecule has 1 rings (SSSR count). The first-order chi connectivity index (χ1) is 5.24. The van der Waals surface area contributed by atoms with E-state index in [9.17, 15) is 4.79 Å². The smallest absolute Gasteiger partial charge is 0.211 e. The summed E-state index contributed by atoms with van der Waals surface area (Å²) in [5.74, 6) is 0. The quantitative estimate of drug-likeness (QED) is 0.490. The van der Waals surface area contributed by atoms with E-state index in [-0.39, 0.29) is 0 Å². The number of amides is 1. The summed E-state index contributed by atoms with van der Waals surface area (Å²) in [5.41, 5.74) is 7.98. The molecule has 0 heterocycles. The van der Waals surface area contributed by atoms with E-state index in [1.807, 2.05) is 13.0 Å². The van der Waals surface area contributed by atoms with Crippen LogP contribution in [0.2, 0.25) is 0 Å². The van der Waals surface area contributed by atoms with Crippen LogP contribution < -0.4 is 11.1 Å². The minimum absolute atomic E-state index is 0.651. The second kappa shape index (κ2) is 3.05. The summed E-state index contributed by atoms with van der Waals surface area (Å²) >= 11 is 0. The molecule has 3 nitrogen and oxygen atoms in total. The van der Waals surface area contributed by atoms with Gasteiger partial charge in [-0.25, -0.2) is 0 Å². The molecule has 0 aromatic heterocycles. The van der Waals surface area contributed by atoms with Crippen LogP contribution in [0.4, 0.5) is 11.4 Å². The summed E-state index contributed by atoms with van der Waals surface area (Å²) in [6, 6.07) is 5.34. The molecule has 0 saturated carbocycles. The van der Waals surface area contributed by atoms with Crippen molar-refractivity contribution in [2.75, 3.05) is 11.1 Å². The average Bonchev–Trinajstić information content (AvgIpc) is 1.95. The molecule has 0 radical (unpaired) electrons. The number of carbonyl (C=O) groups is 1. The largest absolute Gasteiger partial charge is 0.399 e. The van der Waals surface area contributed by atoms with Crippen LogP contribution in [0, 0.1) is 6.92 Å². The van der Waals surface area contributed by atoms with Crippen molar-refractivity contribution in [2.45, 2.75) is 6.92 Å². The zero-order valence-corrected chi connectivity index (χ0v) is 6.29. The lowest BCUT2D eigenvalue weighted by Gasteiger charge is -2.03. The number of hydrogen-bond donors (Lipinski definition) is 2. The van der Waals surface area contributed by atoms with Crippen LogP contribution in [0.1, 0.15) is 5.56 Å². The molecule has 0 spiro atoms. The molecule has 0 bridgehead atoms. The lowest BCUT2D eigenvalue weighted by Crippen LogP contribution is -1.96. The van der Waals surface area contributed by atoms with Gasteiger partial charge in [0.1, 0.15) is 0 Å². The molecular formula is C8H10N2O. The van der Waals surface area contributed by atoms with Gasteiger partial charge in [0.2, 0.25) is 6.41 Å². The summed E-state index contributed by atoms with van der Waals surface area (Å²) in [5, 5.41) is 2.57. The van der Waals surface area contributed by atoms with Crippen molar-refractivity contribution in [3.05, 3.63) is 23.8 Å². The predicted molar refractivity (Wildman–Crippen MR) is 45.3 cm³/mol. The SMILES string of the molecule is Cc1cc(N)ccc1NC=O. The molecule has 0 aliphatic heterocycles. The lowest BCUT2D eigenvalue weighted by molar-refractivity contribution is -0.105. The van der Waals surface area contributed by atoms with Crippen LogP contribution in [0.5, 0.6) is 0 Å². The molecule has 0 atom stereocenters. The second-order valence-electron chi connectivity index (χ2n) is 2.34. The third-order valence-corrected chi connectivity index (χ3v) is 1.46. The van der Waals surface area contributed by atoms with Crippen molar-refractivity contribution in [1.82, 2.24) is 0 Å². The number of rotatable bonds is 2. The van der Waals surface area contributed by atoms with Gasteiger partial charge < -0.3 is 11.1 Å². The van der Waals surface area contributed by atoms with Gasteiger partial charge in [0.05, 0.1) is 0 Å². The van der Waals surface area contributed by atoms with Gasteiger partial charge in [-0.2, -0.15) is 0 Å². The number of benzene rings is 1. The number of hydrogen-bond acceptors (Lipinski definition) is 2. The minimum atomic E-state index is 0.651. The summed E-state index contributed by atoms with van der Waals surface area (Å²) in [7, 11) is 0. The fraction of sp³-hybridized carbons (Fsp3) is 0.125. The van der Waals surface area contributed by atoms with Crippen molar-refractivity contribution >= 4 is 17.8 Å². The Balaban J connectivity index is 2.98. The Morgan fingerprint density at radius 3 is 2.82 bits per heavy atom. The van der Waals surface area contributed by atoms with Crippen molar-refractivity contribution in [3.63, 3.8) is 0 Å². The Morgan fingerprint density at radius 1 is 1.55 bits per heavy atom. The van der Waals surface area contributed by atoms with Gasteiger partial charge in [0.25, 0.3) is 0 Å². The fourth-order valence-corrected chi connectivity index (χ4v) is 0.912. The maximum Gasteiger partial charge on any atom is 0.211 e. The maximum atomic E-state index is 10.1. The Morgan fingerprint density at radius 2 is 2.27 bits per heavy atom. The molecule has 11 heavy (non-hydrogen) atoms. The Kier molecular flexibility index (Phi) is 2.11. The molecule has 3 heteroatoms. The predicted octanol–water partition coefficient (Wildman–Crippen LogP) is 1.15. The number of nitrogen functional groups attached to an aromatic ring is 1. The Hall–Kier alpha value is -1.51. The molecule has 0 aliphatic rings. The zero-order chi connectivity index (χ0) is 8.27. The van der Waals surface area contributed by atoms with Gasteiger partial charge in [-0.3, -0.25) is 4.79 Å². The highest BCUT2D eigenvalue weighted by Gasteiger charge is 1.95. The molecule has 1 amide bonds. The van der Waals surface area contributed by atoms with Crippen LogP contribution in [-0.4, -0.2) is 6.41 Å². The summed E-state index contributed by atoms with van der Waals surface area (Å²) in [6.07, 6.45) is 0.651. The first-order valence-corrected chi connectivity index (χ1v) is 3.30. The van der Waals surface area contributed by atoms with Crippen LogP contribution in [0.15, 0.2) is 18.2 Å². The van der Waals surface area contributed by atoms with E-state index in [1.54, 1.807) is 12.1 Å². The molecule has 3 N–H and O–H groups in total. The van der Waals surface area contributed by atoms with Crippen molar-refractivity contribution in [1.29, 1.82) is 0 Å². The van der Waals surface area contributed by atoms with Gasteiger partial charge >= 0.3 is 0 Å². The summed E-state index contributed by atoms with van der Waals surface area (Å²) < 4.78 is 0. The van der Waals surface area contributed by atoms with Crippen LogP contribution in [-0.2, 0) is 4.79 Å². The van der Waals surface area contributed by atoms with Gasteiger partial charge in [-0.1, -0.05) is 0 Å². The van der Waals surface area contributed by atoms with E-state index >= 15 is 0 Å². The lowest BCUT2D eigenvalue weighted by atomic mass is 10.2. The van der Waals surface area contributed by atoms with E-state index in [4.69, 9.17) is 5.73 Å². The zero-order valence-electron chi connectivity index (χ0n) is 6.29. The van der Waals surface area contributed by atoms with Crippen molar-refractivity contribution in [2.24, 2.45) is 0 Å². The van der Waals surface area contributed by atoms with E-state index in [2.05, 4.69) is 5.32 Å². The first-order valence-electron chi connectivity index (χ1n) is 3.30. The number of anilines is 2. The number of nitrogens with one attached hydrogen (secondary N) is 1. The molecule has 0 unspecified atom stereocenters. The maximum absolute atomic E-state index is 10.1. The molecular weight excluding hydrogens is 140 g/mol. The molecule has 58 valence electrons. The number of aryl methyl sites for hydroxylation is 1. The molecule has 0 fully saturated rings. The second-order valence-corrected chi connectivity index (χ2v) is 2.34. The Labute approximate surface area is 65.2 Å². The van der Waals surface area contributed by atoms with E-state index in [1.165, 1.54) is 0 Å². The van der Waals surface area contributed by atoms with Crippen molar-refractivity contribution < 1.29 is 4.79 Å². The minimum Gasteiger partial charge on any atom is -0.399 e. The van der Waals surface area contributed by atoms with Gasteiger partial charge in [-0.15, -0.1) is 0 Å². The normalized spacial score (nSPS) is 9.18. The third kappa shape index (κ3) is 1.70. The summed E-state index contributed by atoms with van der Waals surface area (Å²) in [4.78, 5) is 10.1. The van der Waals surface area contributed by atoms with Gasteiger partial charge in [0.15, 0.2) is 0 Å². The fourth-order valence-electron chi connectivity index (χ4n) is 0.912. The van der Waals surface area contributed by atoms with Crippen LogP contribution in [0.3, 0.4) is 0 Å². The van der Waals surface area contributed by atoms with Gasteiger partial charge in [0, 0.05) is 11.4 Å². The third-order valence-electron chi connectivity index (χ3n) is 1.46. The van der Waals surface area contributed by atoms with Crippen molar-refractivity contribution in [3.8, 4) is 0 Å².